The molecule has 1 heterocycles. The third-order valence-electron chi connectivity index (χ3n) is 2.73. The fraction of sp³-hybridized carbons (Fsp3) is 0.500. The molecule has 2 rings (SSSR count). The molecule has 1 unspecified atom stereocenters. The average molecular weight is 261 g/mol. The fourth-order valence-corrected chi connectivity index (χ4v) is 1.96. The zero-order valence-corrected chi connectivity index (χ0v) is 9.87. The normalized spacial score (nSPS) is 17.1. The number of alkyl halides is 3. The van der Waals surface area contributed by atoms with Gasteiger partial charge in [0.1, 0.15) is 12.4 Å². The lowest BCUT2D eigenvalue weighted by molar-refractivity contribution is -0.137. The van der Waals surface area contributed by atoms with Gasteiger partial charge in [0.15, 0.2) is 0 Å². The van der Waals surface area contributed by atoms with Crippen molar-refractivity contribution in [2.75, 3.05) is 24.6 Å². The Hall–Kier alpha value is -1.43. The number of halogens is 3. The fourth-order valence-electron chi connectivity index (χ4n) is 1.96. The van der Waals surface area contributed by atoms with E-state index in [1.54, 1.807) is 11.8 Å². The van der Waals surface area contributed by atoms with E-state index in [4.69, 9.17) is 4.74 Å². The number of β-amino-alcohol motifs (C(OH)–C–C–N with tert-alkyl or cyclic N) is 1. The molecule has 0 saturated heterocycles. The molecule has 6 heteroatoms. The highest BCUT2D eigenvalue weighted by atomic mass is 19.4. The summed E-state index contributed by atoms with van der Waals surface area (Å²) in [6, 6.07) is 3.40. The highest BCUT2D eigenvalue weighted by Gasteiger charge is 2.32. The van der Waals surface area contributed by atoms with Crippen LogP contribution < -0.4 is 9.64 Å². The number of aliphatic hydroxyl groups is 1. The maximum atomic E-state index is 12.6. The molecular formula is C12H14F3NO2. The first kappa shape index (κ1) is 13.0. The van der Waals surface area contributed by atoms with Gasteiger partial charge in [0.25, 0.3) is 0 Å². The van der Waals surface area contributed by atoms with E-state index in [0.717, 1.165) is 12.1 Å². The quantitative estimate of drug-likeness (QED) is 0.886. The first-order valence-corrected chi connectivity index (χ1v) is 5.65. The van der Waals surface area contributed by atoms with Crippen molar-refractivity contribution in [1.82, 2.24) is 0 Å². The van der Waals surface area contributed by atoms with Gasteiger partial charge in [-0.15, -0.1) is 0 Å². The van der Waals surface area contributed by atoms with E-state index in [-0.39, 0.29) is 6.54 Å². The van der Waals surface area contributed by atoms with E-state index in [9.17, 15) is 18.3 Å². The Labute approximate surface area is 103 Å². The van der Waals surface area contributed by atoms with Gasteiger partial charge in [0.2, 0.25) is 0 Å². The number of hydrogen-bond donors (Lipinski definition) is 1. The van der Waals surface area contributed by atoms with Crippen LogP contribution in [0.15, 0.2) is 18.2 Å². The molecule has 0 radical (unpaired) electrons. The highest BCUT2D eigenvalue weighted by molar-refractivity contribution is 5.61. The Morgan fingerprint density at radius 2 is 2.17 bits per heavy atom. The van der Waals surface area contributed by atoms with Crippen LogP contribution in [-0.2, 0) is 6.18 Å². The molecule has 1 aromatic rings. The summed E-state index contributed by atoms with van der Waals surface area (Å²) in [4.78, 5) is 1.71. The maximum Gasteiger partial charge on any atom is 0.416 e. The molecule has 1 aliphatic rings. The maximum absolute atomic E-state index is 12.6. The van der Waals surface area contributed by atoms with Crippen molar-refractivity contribution in [2.24, 2.45) is 0 Å². The van der Waals surface area contributed by atoms with Crippen LogP contribution in [0.1, 0.15) is 12.5 Å². The second kappa shape index (κ2) is 4.68. The Balaban J connectivity index is 2.35. The first-order chi connectivity index (χ1) is 8.38. The number of aliphatic hydroxyl groups excluding tert-OH is 1. The predicted molar refractivity (Wildman–Crippen MR) is 60.8 cm³/mol. The van der Waals surface area contributed by atoms with Gasteiger partial charge in [0.05, 0.1) is 23.9 Å². The Kier molecular flexibility index (Phi) is 3.38. The number of ether oxygens (including phenoxy) is 1. The zero-order valence-electron chi connectivity index (χ0n) is 9.87. The van der Waals surface area contributed by atoms with Gasteiger partial charge in [-0.1, -0.05) is 0 Å². The summed E-state index contributed by atoms with van der Waals surface area (Å²) >= 11 is 0. The molecule has 1 atom stereocenters. The zero-order chi connectivity index (χ0) is 13.3. The standard InChI is InChI=1S/C12H14F3NO2/c1-8(17)7-16-4-5-18-11-3-2-9(6-10(11)16)12(13,14)15/h2-3,6,8,17H,4-5,7H2,1H3. The number of nitrogens with zero attached hydrogens (tertiary/aromatic N) is 1. The summed E-state index contributed by atoms with van der Waals surface area (Å²) in [6.45, 7) is 2.77. The van der Waals surface area contributed by atoms with Gasteiger partial charge in [-0.25, -0.2) is 0 Å². The average Bonchev–Trinajstić information content (AvgIpc) is 2.27. The predicted octanol–water partition coefficient (Wildman–Crippen LogP) is 2.29. The number of fused-ring (bicyclic) bond motifs is 1. The number of anilines is 1. The minimum Gasteiger partial charge on any atom is -0.490 e. The van der Waals surface area contributed by atoms with Gasteiger partial charge in [0, 0.05) is 6.54 Å². The molecule has 18 heavy (non-hydrogen) atoms. The summed E-state index contributed by atoms with van der Waals surface area (Å²) in [5, 5.41) is 9.35. The van der Waals surface area contributed by atoms with E-state index in [1.807, 2.05) is 0 Å². The second-order valence-corrected chi connectivity index (χ2v) is 4.32. The van der Waals surface area contributed by atoms with E-state index >= 15 is 0 Å². The van der Waals surface area contributed by atoms with E-state index in [2.05, 4.69) is 0 Å². The minimum absolute atomic E-state index is 0.289. The second-order valence-electron chi connectivity index (χ2n) is 4.32. The molecule has 1 aliphatic heterocycles. The van der Waals surface area contributed by atoms with E-state index in [1.165, 1.54) is 6.07 Å². The molecule has 1 N–H and O–H groups in total. The topological polar surface area (TPSA) is 32.7 Å². The molecule has 3 nitrogen and oxygen atoms in total. The number of rotatable bonds is 2. The lowest BCUT2D eigenvalue weighted by Crippen LogP contribution is -2.37. The van der Waals surface area contributed by atoms with Crippen molar-refractivity contribution < 1.29 is 23.0 Å². The molecule has 0 saturated carbocycles. The van der Waals surface area contributed by atoms with Crippen molar-refractivity contribution in [3.63, 3.8) is 0 Å². The van der Waals surface area contributed by atoms with Gasteiger partial charge in [-0.3, -0.25) is 0 Å². The molecule has 100 valence electrons. The van der Waals surface area contributed by atoms with Crippen LogP contribution in [0.2, 0.25) is 0 Å². The summed E-state index contributed by atoms with van der Waals surface area (Å²) < 4.78 is 43.2. The van der Waals surface area contributed by atoms with Crippen LogP contribution in [0.4, 0.5) is 18.9 Å². The molecule has 1 aromatic carbocycles. The summed E-state index contributed by atoms with van der Waals surface area (Å²) in [5.41, 5.74) is -0.320. The molecule has 0 amide bonds. The largest absolute Gasteiger partial charge is 0.490 e. The third-order valence-corrected chi connectivity index (χ3v) is 2.73. The van der Waals surface area contributed by atoms with Gasteiger partial charge in [-0.2, -0.15) is 13.2 Å². The first-order valence-electron chi connectivity index (χ1n) is 5.65. The Bertz CT molecular complexity index is 432. The number of benzene rings is 1. The van der Waals surface area contributed by atoms with Crippen LogP contribution >= 0.6 is 0 Å². The smallest absolute Gasteiger partial charge is 0.416 e. The van der Waals surface area contributed by atoms with Crippen LogP contribution in [0.3, 0.4) is 0 Å². The Morgan fingerprint density at radius 1 is 1.44 bits per heavy atom. The van der Waals surface area contributed by atoms with Crippen LogP contribution in [0.25, 0.3) is 0 Å². The van der Waals surface area contributed by atoms with Crippen molar-refractivity contribution in [3.05, 3.63) is 23.8 Å². The molecule has 0 bridgehead atoms. The summed E-state index contributed by atoms with van der Waals surface area (Å²) in [6.07, 6.45) is -4.98. The Morgan fingerprint density at radius 3 is 2.78 bits per heavy atom. The summed E-state index contributed by atoms with van der Waals surface area (Å²) in [7, 11) is 0. The monoisotopic (exact) mass is 261 g/mol. The van der Waals surface area contributed by atoms with Crippen LogP contribution in [0, 0.1) is 0 Å². The molecular weight excluding hydrogens is 247 g/mol. The molecule has 0 fully saturated rings. The van der Waals surface area contributed by atoms with Crippen molar-refractivity contribution in [3.8, 4) is 5.75 Å². The van der Waals surface area contributed by atoms with Crippen molar-refractivity contribution >= 4 is 5.69 Å². The lowest BCUT2D eigenvalue weighted by Gasteiger charge is -2.32. The number of hydrogen-bond acceptors (Lipinski definition) is 3. The molecule has 0 aromatic heterocycles. The highest BCUT2D eigenvalue weighted by Crippen LogP contribution is 2.38. The molecule has 0 spiro atoms. The van der Waals surface area contributed by atoms with E-state index < -0.39 is 17.8 Å². The lowest BCUT2D eigenvalue weighted by atomic mass is 10.1. The van der Waals surface area contributed by atoms with Crippen molar-refractivity contribution in [2.45, 2.75) is 19.2 Å². The van der Waals surface area contributed by atoms with Gasteiger partial charge in [-0.05, 0) is 25.1 Å². The minimum atomic E-state index is -4.37. The summed E-state index contributed by atoms with van der Waals surface area (Å²) in [5.74, 6) is 0.426. The van der Waals surface area contributed by atoms with Gasteiger partial charge < -0.3 is 14.7 Å². The van der Waals surface area contributed by atoms with Crippen molar-refractivity contribution in [1.29, 1.82) is 0 Å². The van der Waals surface area contributed by atoms with Gasteiger partial charge >= 0.3 is 6.18 Å². The van der Waals surface area contributed by atoms with E-state index in [0.29, 0.717) is 24.6 Å². The molecule has 0 aliphatic carbocycles. The van der Waals surface area contributed by atoms with Crippen LogP contribution in [0.5, 0.6) is 5.75 Å². The SMILES string of the molecule is CC(O)CN1CCOc2ccc(C(F)(F)F)cc21. The van der Waals surface area contributed by atoms with Crippen LogP contribution in [-0.4, -0.2) is 30.9 Å². The third kappa shape index (κ3) is 2.69.